The number of carboxylic acid groups (broad SMARTS) is 1. The van der Waals surface area contributed by atoms with Crippen LogP contribution in [0.4, 0.5) is 0 Å². The van der Waals surface area contributed by atoms with Crippen LogP contribution in [0, 0.1) is 0 Å². The number of H-pyrrole nitrogens is 1. The van der Waals surface area contributed by atoms with Gasteiger partial charge in [0.05, 0.1) is 5.69 Å². The third kappa shape index (κ3) is 2.58. The van der Waals surface area contributed by atoms with E-state index in [0.29, 0.717) is 5.69 Å². The SMILES string of the molecule is O=C(O)c1cc(-c2cccc(OC3CSC3)c2)n[nH]1. The van der Waals surface area contributed by atoms with Crippen LogP contribution in [-0.4, -0.2) is 38.9 Å². The van der Waals surface area contributed by atoms with Crippen molar-refractivity contribution in [2.75, 3.05) is 11.5 Å². The number of ether oxygens (including phenoxy) is 1. The van der Waals surface area contributed by atoms with Gasteiger partial charge in [0.1, 0.15) is 17.5 Å². The van der Waals surface area contributed by atoms with E-state index in [9.17, 15) is 4.79 Å². The first-order valence-electron chi connectivity index (χ1n) is 5.86. The highest BCUT2D eigenvalue weighted by Crippen LogP contribution is 2.27. The van der Waals surface area contributed by atoms with Gasteiger partial charge in [-0.15, -0.1) is 0 Å². The number of nitrogens with one attached hydrogen (secondary N) is 1. The number of carbonyl (C=O) groups is 1. The van der Waals surface area contributed by atoms with Gasteiger partial charge in [-0.05, 0) is 18.2 Å². The monoisotopic (exact) mass is 276 g/mol. The lowest BCUT2D eigenvalue weighted by molar-refractivity contribution is 0.0690. The molecule has 0 spiro atoms. The molecule has 2 N–H and O–H groups in total. The Labute approximate surface area is 114 Å². The summed E-state index contributed by atoms with van der Waals surface area (Å²) in [6, 6.07) is 9.05. The maximum Gasteiger partial charge on any atom is 0.353 e. The fourth-order valence-corrected chi connectivity index (χ4v) is 2.35. The van der Waals surface area contributed by atoms with Gasteiger partial charge in [0, 0.05) is 17.1 Å². The van der Waals surface area contributed by atoms with Crippen LogP contribution in [-0.2, 0) is 0 Å². The van der Waals surface area contributed by atoms with Crippen LogP contribution in [0.5, 0.6) is 5.75 Å². The van der Waals surface area contributed by atoms with Crippen LogP contribution < -0.4 is 4.74 Å². The summed E-state index contributed by atoms with van der Waals surface area (Å²) >= 11 is 1.86. The molecule has 5 nitrogen and oxygen atoms in total. The minimum atomic E-state index is -1.02. The first kappa shape index (κ1) is 12.1. The van der Waals surface area contributed by atoms with E-state index >= 15 is 0 Å². The molecular formula is C13H12N2O3S. The Kier molecular flexibility index (Phi) is 3.16. The molecule has 0 amide bonds. The molecule has 0 aliphatic carbocycles. The highest BCUT2D eigenvalue weighted by atomic mass is 32.2. The van der Waals surface area contributed by atoms with Gasteiger partial charge in [0.2, 0.25) is 0 Å². The van der Waals surface area contributed by atoms with Gasteiger partial charge in [-0.2, -0.15) is 16.9 Å². The number of hydrogen-bond donors (Lipinski definition) is 2. The number of rotatable bonds is 4. The second-order valence-corrected chi connectivity index (χ2v) is 5.35. The van der Waals surface area contributed by atoms with Gasteiger partial charge in [0.25, 0.3) is 0 Å². The summed E-state index contributed by atoms with van der Waals surface area (Å²) < 4.78 is 5.79. The Balaban J connectivity index is 1.82. The zero-order chi connectivity index (χ0) is 13.2. The molecule has 0 atom stereocenters. The van der Waals surface area contributed by atoms with E-state index in [4.69, 9.17) is 9.84 Å². The predicted molar refractivity (Wildman–Crippen MR) is 72.7 cm³/mol. The molecule has 3 rings (SSSR count). The summed E-state index contributed by atoms with van der Waals surface area (Å²) in [5.41, 5.74) is 1.52. The summed E-state index contributed by atoms with van der Waals surface area (Å²) in [5.74, 6) is 1.83. The number of aromatic carboxylic acids is 1. The average Bonchev–Trinajstić information content (AvgIpc) is 2.84. The van der Waals surface area contributed by atoms with Crippen molar-refractivity contribution in [3.63, 3.8) is 0 Å². The molecule has 0 unspecified atom stereocenters. The second-order valence-electron chi connectivity index (χ2n) is 4.28. The highest BCUT2D eigenvalue weighted by molar-refractivity contribution is 8.00. The van der Waals surface area contributed by atoms with Gasteiger partial charge >= 0.3 is 5.97 Å². The molecule has 1 saturated heterocycles. The lowest BCUT2D eigenvalue weighted by Gasteiger charge is -2.25. The van der Waals surface area contributed by atoms with E-state index in [2.05, 4.69) is 10.2 Å². The van der Waals surface area contributed by atoms with Gasteiger partial charge in [0.15, 0.2) is 0 Å². The Morgan fingerprint density at radius 1 is 1.42 bits per heavy atom. The Hall–Kier alpha value is -1.95. The van der Waals surface area contributed by atoms with E-state index in [0.717, 1.165) is 22.8 Å². The molecule has 19 heavy (non-hydrogen) atoms. The molecule has 6 heteroatoms. The summed E-state index contributed by atoms with van der Waals surface area (Å²) in [7, 11) is 0. The van der Waals surface area contributed by atoms with E-state index in [1.54, 1.807) is 0 Å². The Morgan fingerprint density at radius 2 is 2.26 bits per heavy atom. The fourth-order valence-electron chi connectivity index (χ4n) is 1.78. The largest absolute Gasteiger partial charge is 0.489 e. The second kappa shape index (κ2) is 4.97. The van der Waals surface area contributed by atoms with E-state index in [-0.39, 0.29) is 11.8 Å². The Morgan fingerprint density at radius 3 is 2.89 bits per heavy atom. The van der Waals surface area contributed by atoms with Gasteiger partial charge in [-0.3, -0.25) is 5.10 Å². The molecule has 1 aliphatic heterocycles. The molecule has 1 aromatic heterocycles. The van der Waals surface area contributed by atoms with E-state index < -0.39 is 5.97 Å². The number of aromatic nitrogens is 2. The number of carboxylic acids is 1. The zero-order valence-corrected chi connectivity index (χ0v) is 10.8. The van der Waals surface area contributed by atoms with Gasteiger partial charge in [-0.1, -0.05) is 12.1 Å². The van der Waals surface area contributed by atoms with Crippen LogP contribution in [0.2, 0.25) is 0 Å². The third-order valence-corrected chi connectivity index (χ3v) is 4.06. The topological polar surface area (TPSA) is 75.2 Å². The molecule has 2 aromatic rings. The molecule has 1 fully saturated rings. The maximum atomic E-state index is 10.8. The van der Waals surface area contributed by atoms with Crippen LogP contribution in [0.1, 0.15) is 10.5 Å². The van der Waals surface area contributed by atoms with Crippen molar-refractivity contribution in [3.8, 4) is 17.0 Å². The van der Waals surface area contributed by atoms with Gasteiger partial charge < -0.3 is 9.84 Å². The first-order chi connectivity index (χ1) is 9.22. The van der Waals surface area contributed by atoms with Gasteiger partial charge in [-0.25, -0.2) is 4.79 Å². The number of benzene rings is 1. The minimum Gasteiger partial charge on any atom is -0.489 e. The maximum absolute atomic E-state index is 10.8. The minimum absolute atomic E-state index is 0.0803. The van der Waals surface area contributed by atoms with E-state index in [1.165, 1.54) is 6.07 Å². The van der Waals surface area contributed by atoms with Crippen molar-refractivity contribution in [3.05, 3.63) is 36.0 Å². The number of hydrogen-bond acceptors (Lipinski definition) is 4. The summed E-state index contributed by atoms with van der Waals surface area (Å²) in [4.78, 5) is 10.8. The molecule has 1 aromatic carbocycles. The van der Waals surface area contributed by atoms with Crippen molar-refractivity contribution in [1.29, 1.82) is 0 Å². The lowest BCUT2D eigenvalue weighted by atomic mass is 10.1. The van der Waals surface area contributed by atoms with Crippen LogP contribution in [0.25, 0.3) is 11.3 Å². The van der Waals surface area contributed by atoms with Crippen molar-refractivity contribution in [2.45, 2.75) is 6.10 Å². The molecule has 2 heterocycles. The van der Waals surface area contributed by atoms with Crippen LogP contribution >= 0.6 is 11.8 Å². The number of aromatic amines is 1. The summed E-state index contributed by atoms with van der Waals surface area (Å²) in [6.07, 6.45) is 0.286. The third-order valence-electron chi connectivity index (χ3n) is 2.85. The Bertz CT molecular complexity index is 607. The highest BCUT2D eigenvalue weighted by Gasteiger charge is 2.20. The molecule has 0 saturated carbocycles. The smallest absolute Gasteiger partial charge is 0.353 e. The van der Waals surface area contributed by atoms with Crippen molar-refractivity contribution >= 4 is 17.7 Å². The summed E-state index contributed by atoms with van der Waals surface area (Å²) in [6.45, 7) is 0. The molecule has 0 radical (unpaired) electrons. The molecule has 1 aliphatic rings. The standard InChI is InChI=1S/C13H12N2O3S/c16-13(17)12-5-11(14-15-12)8-2-1-3-9(4-8)18-10-6-19-7-10/h1-5,10H,6-7H2,(H,14,15)(H,16,17). The van der Waals surface area contributed by atoms with Crippen molar-refractivity contribution in [1.82, 2.24) is 10.2 Å². The fraction of sp³-hybridized carbons (Fsp3) is 0.231. The van der Waals surface area contributed by atoms with Crippen molar-refractivity contribution < 1.29 is 14.6 Å². The molecule has 0 bridgehead atoms. The number of nitrogens with zero attached hydrogens (tertiary/aromatic N) is 1. The van der Waals surface area contributed by atoms with Crippen molar-refractivity contribution in [2.24, 2.45) is 0 Å². The average molecular weight is 276 g/mol. The lowest BCUT2D eigenvalue weighted by Crippen LogP contribution is -2.30. The first-order valence-corrected chi connectivity index (χ1v) is 7.01. The number of thioether (sulfide) groups is 1. The molecule has 98 valence electrons. The summed E-state index contributed by atoms with van der Waals surface area (Å²) in [5, 5.41) is 15.3. The zero-order valence-electron chi connectivity index (χ0n) is 10.00. The normalized spacial score (nSPS) is 14.9. The quantitative estimate of drug-likeness (QED) is 0.896. The molecular weight excluding hydrogens is 264 g/mol. The van der Waals surface area contributed by atoms with Crippen LogP contribution in [0.3, 0.4) is 0 Å². The van der Waals surface area contributed by atoms with Crippen LogP contribution in [0.15, 0.2) is 30.3 Å². The van der Waals surface area contributed by atoms with E-state index in [1.807, 2.05) is 36.0 Å². The predicted octanol–water partition coefficient (Wildman–Crippen LogP) is 2.27.